The Morgan fingerprint density at radius 1 is 0.971 bits per heavy atom. The van der Waals surface area contributed by atoms with Crippen molar-refractivity contribution in [2.45, 2.75) is 56.9 Å². The maximum Gasteiger partial charge on any atom is 0.407 e. The van der Waals surface area contributed by atoms with Gasteiger partial charge in [0.1, 0.15) is 6.61 Å². The molecule has 1 aliphatic heterocycles. The van der Waals surface area contributed by atoms with Crippen LogP contribution < -0.4 is 5.32 Å². The van der Waals surface area contributed by atoms with E-state index in [0.29, 0.717) is 12.8 Å². The van der Waals surface area contributed by atoms with Crippen LogP contribution in [0.15, 0.2) is 48.5 Å². The first-order valence-electron chi connectivity index (χ1n) is 12.4. The van der Waals surface area contributed by atoms with Crippen LogP contribution in [0.3, 0.4) is 0 Å². The molecule has 1 heterocycles. The lowest BCUT2D eigenvalue weighted by atomic mass is 9.77. The smallest absolute Gasteiger partial charge is 0.407 e. The molecule has 2 fully saturated rings. The van der Waals surface area contributed by atoms with Crippen LogP contribution in [0.4, 0.5) is 4.79 Å². The van der Waals surface area contributed by atoms with Gasteiger partial charge in [0.25, 0.3) is 0 Å². The fourth-order valence-corrected chi connectivity index (χ4v) is 5.93. The Morgan fingerprint density at radius 3 is 2.11 bits per heavy atom. The normalized spacial score (nSPS) is 19.7. The minimum Gasteiger partial charge on any atom is -0.481 e. The number of hydrogen-bond donors (Lipinski definition) is 2. The van der Waals surface area contributed by atoms with E-state index < -0.39 is 23.0 Å². The van der Waals surface area contributed by atoms with Gasteiger partial charge in [-0.25, -0.2) is 4.79 Å². The molecule has 0 radical (unpaired) electrons. The van der Waals surface area contributed by atoms with Gasteiger partial charge < -0.3 is 20.1 Å². The molecule has 0 aromatic heterocycles. The Morgan fingerprint density at radius 2 is 1.54 bits per heavy atom. The van der Waals surface area contributed by atoms with Gasteiger partial charge in [0.2, 0.25) is 5.91 Å². The summed E-state index contributed by atoms with van der Waals surface area (Å²) in [5.41, 5.74) is 3.14. The zero-order valence-corrected chi connectivity index (χ0v) is 20.1. The Balaban J connectivity index is 1.24. The second-order valence-corrected chi connectivity index (χ2v) is 10.6. The van der Waals surface area contributed by atoms with Gasteiger partial charge in [-0.15, -0.1) is 0 Å². The molecule has 0 atom stereocenters. The monoisotopic (exact) mass is 476 g/mol. The molecule has 1 saturated carbocycles. The number of carbonyl (C=O) groups is 3. The molecule has 1 saturated heterocycles. The number of alkyl carbamates (subject to hydrolysis) is 1. The number of hydrogen-bond acceptors (Lipinski definition) is 4. The highest BCUT2D eigenvalue weighted by atomic mass is 16.5. The summed E-state index contributed by atoms with van der Waals surface area (Å²) in [6.45, 7) is 2.31. The van der Waals surface area contributed by atoms with Crippen LogP contribution in [0.25, 0.3) is 11.1 Å². The number of benzene rings is 2. The fourth-order valence-electron chi connectivity index (χ4n) is 5.93. The average molecular weight is 477 g/mol. The quantitative estimate of drug-likeness (QED) is 0.638. The van der Waals surface area contributed by atoms with E-state index in [1.54, 1.807) is 11.8 Å². The van der Waals surface area contributed by atoms with Crippen molar-refractivity contribution in [2.24, 2.45) is 5.41 Å². The number of nitrogens with zero attached hydrogens (tertiary/aromatic N) is 1. The van der Waals surface area contributed by atoms with Crippen molar-refractivity contribution in [2.75, 3.05) is 19.7 Å². The maximum atomic E-state index is 13.0. The van der Waals surface area contributed by atoms with E-state index in [1.165, 1.54) is 11.1 Å². The lowest BCUT2D eigenvalue weighted by Gasteiger charge is -2.47. The Labute approximate surface area is 205 Å². The molecule has 2 aromatic carbocycles. The molecule has 184 valence electrons. The van der Waals surface area contributed by atoms with E-state index in [1.807, 2.05) is 24.3 Å². The van der Waals surface area contributed by atoms with Crippen LogP contribution in [0.1, 0.15) is 62.5 Å². The molecule has 7 nitrogen and oxygen atoms in total. The van der Waals surface area contributed by atoms with Crippen molar-refractivity contribution in [1.82, 2.24) is 10.2 Å². The lowest BCUT2D eigenvalue weighted by molar-refractivity contribution is -0.164. The SMILES string of the molecule is CC1(C(=O)O)CN(C(=O)CC2(NC(=O)OCC3c4ccccc4-c4ccccc43)CCCCC2)C1. The first-order valence-corrected chi connectivity index (χ1v) is 12.4. The van der Waals surface area contributed by atoms with Crippen molar-refractivity contribution in [3.05, 3.63) is 59.7 Å². The van der Waals surface area contributed by atoms with E-state index in [2.05, 4.69) is 29.6 Å². The highest BCUT2D eigenvalue weighted by Crippen LogP contribution is 2.44. The molecule has 0 spiro atoms. The number of nitrogens with one attached hydrogen (secondary N) is 1. The number of rotatable bonds is 6. The van der Waals surface area contributed by atoms with Gasteiger partial charge in [0.05, 0.1) is 17.4 Å². The van der Waals surface area contributed by atoms with Crippen LogP contribution in [-0.4, -0.2) is 53.2 Å². The van der Waals surface area contributed by atoms with E-state index in [4.69, 9.17) is 4.74 Å². The van der Waals surface area contributed by atoms with Crippen LogP contribution in [0.5, 0.6) is 0 Å². The molecular weight excluding hydrogens is 444 g/mol. The summed E-state index contributed by atoms with van der Waals surface area (Å²) >= 11 is 0. The number of aliphatic carboxylic acids is 1. The van der Waals surface area contributed by atoms with E-state index in [9.17, 15) is 19.5 Å². The predicted octanol–water partition coefficient (Wildman–Crippen LogP) is 4.55. The third-order valence-electron chi connectivity index (χ3n) is 7.96. The van der Waals surface area contributed by atoms with Gasteiger partial charge in [-0.05, 0) is 42.0 Å². The van der Waals surface area contributed by atoms with E-state index in [-0.39, 0.29) is 37.9 Å². The molecule has 2 N–H and O–H groups in total. The molecule has 0 bridgehead atoms. The second-order valence-electron chi connectivity index (χ2n) is 10.6. The Bertz CT molecular complexity index is 1100. The van der Waals surface area contributed by atoms with Gasteiger partial charge in [-0.3, -0.25) is 9.59 Å². The molecule has 0 unspecified atom stereocenters. The number of ether oxygens (including phenoxy) is 1. The van der Waals surface area contributed by atoms with E-state index >= 15 is 0 Å². The number of likely N-dealkylation sites (tertiary alicyclic amines) is 1. The summed E-state index contributed by atoms with van der Waals surface area (Å²) in [5.74, 6) is -1.01. The van der Waals surface area contributed by atoms with Gasteiger partial charge in [0, 0.05) is 19.0 Å². The molecular formula is C28H32N2O5. The van der Waals surface area contributed by atoms with Crippen molar-refractivity contribution >= 4 is 18.0 Å². The van der Waals surface area contributed by atoms with Gasteiger partial charge in [-0.1, -0.05) is 67.8 Å². The molecule has 5 rings (SSSR count). The largest absolute Gasteiger partial charge is 0.481 e. The molecule has 7 heteroatoms. The number of carbonyl (C=O) groups excluding carboxylic acids is 2. The van der Waals surface area contributed by atoms with Gasteiger partial charge in [-0.2, -0.15) is 0 Å². The Kier molecular flexibility index (Phi) is 6.03. The van der Waals surface area contributed by atoms with Crippen molar-refractivity contribution in [3.63, 3.8) is 0 Å². The van der Waals surface area contributed by atoms with E-state index in [0.717, 1.165) is 30.4 Å². The van der Waals surface area contributed by atoms with Crippen LogP contribution in [0, 0.1) is 5.41 Å². The minimum absolute atomic E-state index is 0.0214. The zero-order valence-electron chi connectivity index (χ0n) is 20.1. The van der Waals surface area contributed by atoms with Gasteiger partial charge in [0.15, 0.2) is 0 Å². The predicted molar refractivity (Wildman–Crippen MR) is 131 cm³/mol. The number of carboxylic acids is 1. The van der Waals surface area contributed by atoms with Crippen molar-refractivity contribution < 1.29 is 24.2 Å². The standard InChI is InChI=1S/C28H32N2O5/c1-27(25(32)33)17-30(18-27)24(31)15-28(13-7-2-8-14-28)29-26(34)35-16-23-21-11-5-3-9-19(21)20-10-4-6-12-22(20)23/h3-6,9-12,23H,2,7-8,13-18H2,1H3,(H,29,34)(H,32,33). The molecule has 2 aliphatic carbocycles. The van der Waals surface area contributed by atoms with Crippen molar-refractivity contribution in [1.29, 1.82) is 0 Å². The molecule has 2 aromatic rings. The average Bonchev–Trinajstić information content (AvgIpc) is 3.14. The highest BCUT2D eigenvalue weighted by molar-refractivity contribution is 5.84. The summed E-state index contributed by atoms with van der Waals surface area (Å²) in [7, 11) is 0. The first kappa shape index (κ1) is 23.4. The fraction of sp³-hybridized carbons (Fsp3) is 0.464. The highest BCUT2D eigenvalue weighted by Gasteiger charge is 2.49. The van der Waals surface area contributed by atoms with Crippen LogP contribution in [-0.2, 0) is 14.3 Å². The second kappa shape index (κ2) is 9.02. The van der Waals surface area contributed by atoms with Gasteiger partial charge >= 0.3 is 12.1 Å². The molecule has 2 amide bonds. The minimum atomic E-state index is -0.884. The summed E-state index contributed by atoms with van der Waals surface area (Å²) in [4.78, 5) is 38.9. The maximum absolute atomic E-state index is 13.0. The molecule has 3 aliphatic rings. The number of amides is 2. The summed E-state index contributed by atoms with van der Waals surface area (Å²) in [5, 5.41) is 12.4. The Hall–Kier alpha value is -3.35. The summed E-state index contributed by atoms with van der Waals surface area (Å²) in [6.07, 6.45) is 4.05. The third-order valence-corrected chi connectivity index (χ3v) is 7.96. The lowest BCUT2D eigenvalue weighted by Crippen LogP contribution is -2.62. The van der Waals surface area contributed by atoms with Crippen LogP contribution in [0.2, 0.25) is 0 Å². The zero-order chi connectivity index (χ0) is 24.6. The van der Waals surface area contributed by atoms with Crippen LogP contribution >= 0.6 is 0 Å². The number of fused-ring (bicyclic) bond motifs is 3. The third kappa shape index (κ3) is 4.40. The van der Waals surface area contributed by atoms with Crippen molar-refractivity contribution in [3.8, 4) is 11.1 Å². The summed E-state index contributed by atoms with van der Waals surface area (Å²) < 4.78 is 5.76. The topological polar surface area (TPSA) is 95.9 Å². The molecule has 35 heavy (non-hydrogen) atoms. The summed E-state index contributed by atoms with van der Waals surface area (Å²) in [6, 6.07) is 16.4. The first-order chi connectivity index (χ1) is 16.8. The number of carboxylic acid groups (broad SMARTS) is 1.